The van der Waals surface area contributed by atoms with Gasteiger partial charge in [-0.05, 0) is 49.0 Å². The third kappa shape index (κ3) is 5.18. The molecule has 5 nitrogen and oxygen atoms in total. The first kappa shape index (κ1) is 22.5. The fraction of sp³-hybridized carbons (Fsp3) is 0.458. The molecule has 0 aliphatic carbocycles. The SMILES string of the molecule is C[C@@H](CN1CCC(C(=O)Cc2cc3cc(-c4cnn(C)c4)ccc3cn2)CC1)C(F)(F)F. The summed E-state index contributed by atoms with van der Waals surface area (Å²) in [5.74, 6) is -1.36. The number of hydrogen-bond donors (Lipinski definition) is 0. The Morgan fingerprint density at radius 3 is 2.53 bits per heavy atom. The van der Waals surface area contributed by atoms with Crippen LogP contribution < -0.4 is 0 Å². The zero-order valence-corrected chi connectivity index (χ0v) is 18.3. The van der Waals surface area contributed by atoms with Crippen LogP contribution in [0.4, 0.5) is 13.2 Å². The van der Waals surface area contributed by atoms with Gasteiger partial charge in [0.2, 0.25) is 0 Å². The van der Waals surface area contributed by atoms with E-state index in [2.05, 4.69) is 16.1 Å². The second-order valence-electron chi connectivity index (χ2n) is 8.80. The van der Waals surface area contributed by atoms with Crippen LogP contribution >= 0.6 is 0 Å². The molecule has 4 rings (SSSR count). The van der Waals surface area contributed by atoms with E-state index in [-0.39, 0.29) is 24.7 Å². The van der Waals surface area contributed by atoms with Crippen molar-refractivity contribution < 1.29 is 18.0 Å². The maximum absolute atomic E-state index is 12.8. The quantitative estimate of drug-likeness (QED) is 0.555. The van der Waals surface area contributed by atoms with Gasteiger partial charge < -0.3 is 4.90 Å². The van der Waals surface area contributed by atoms with Gasteiger partial charge in [0, 0.05) is 55.0 Å². The number of ketones is 1. The minimum atomic E-state index is -4.18. The summed E-state index contributed by atoms with van der Waals surface area (Å²) < 4.78 is 40.1. The lowest BCUT2D eigenvalue weighted by molar-refractivity contribution is -0.174. The monoisotopic (exact) mass is 444 g/mol. The van der Waals surface area contributed by atoms with Crippen molar-refractivity contribution in [2.75, 3.05) is 19.6 Å². The number of carbonyl (C=O) groups excluding carboxylic acids is 1. The van der Waals surface area contributed by atoms with Crippen LogP contribution in [0.5, 0.6) is 0 Å². The van der Waals surface area contributed by atoms with Crippen molar-refractivity contribution in [1.29, 1.82) is 0 Å². The van der Waals surface area contributed by atoms with Crippen LogP contribution in [0.2, 0.25) is 0 Å². The Labute approximate surface area is 185 Å². The second-order valence-corrected chi connectivity index (χ2v) is 8.80. The first-order valence-electron chi connectivity index (χ1n) is 10.9. The van der Waals surface area contributed by atoms with Crippen LogP contribution in [-0.2, 0) is 18.3 Å². The number of benzene rings is 1. The van der Waals surface area contributed by atoms with E-state index >= 15 is 0 Å². The molecule has 1 aromatic carbocycles. The van der Waals surface area contributed by atoms with E-state index in [1.165, 1.54) is 6.92 Å². The molecule has 1 aliphatic heterocycles. The van der Waals surface area contributed by atoms with Crippen LogP contribution in [0.3, 0.4) is 0 Å². The van der Waals surface area contributed by atoms with Gasteiger partial charge in [0.15, 0.2) is 0 Å². The molecule has 1 fully saturated rings. The molecule has 0 saturated carbocycles. The van der Waals surface area contributed by atoms with Crippen LogP contribution in [0.15, 0.2) is 42.9 Å². The summed E-state index contributed by atoms with van der Waals surface area (Å²) >= 11 is 0. The molecule has 0 amide bonds. The van der Waals surface area contributed by atoms with Crippen LogP contribution in [-0.4, -0.2) is 51.3 Å². The molecule has 0 N–H and O–H groups in total. The zero-order valence-electron chi connectivity index (χ0n) is 18.3. The Morgan fingerprint density at radius 1 is 1.12 bits per heavy atom. The van der Waals surface area contributed by atoms with E-state index in [9.17, 15) is 18.0 Å². The summed E-state index contributed by atoms with van der Waals surface area (Å²) in [7, 11) is 1.87. The molecule has 0 unspecified atom stereocenters. The van der Waals surface area contributed by atoms with Crippen LogP contribution in [0.1, 0.15) is 25.5 Å². The van der Waals surface area contributed by atoms with E-state index in [4.69, 9.17) is 0 Å². The summed E-state index contributed by atoms with van der Waals surface area (Å²) in [5, 5.41) is 6.23. The molecule has 1 aliphatic rings. The highest BCUT2D eigenvalue weighted by atomic mass is 19.4. The molecule has 1 atom stereocenters. The number of fused-ring (bicyclic) bond motifs is 1. The second kappa shape index (κ2) is 9.02. The Hall–Kier alpha value is -2.74. The average Bonchev–Trinajstić information content (AvgIpc) is 3.19. The van der Waals surface area contributed by atoms with Gasteiger partial charge in [0.05, 0.1) is 12.1 Å². The maximum Gasteiger partial charge on any atom is 0.392 e. The van der Waals surface area contributed by atoms with Crippen molar-refractivity contribution in [3.05, 3.63) is 48.5 Å². The lowest BCUT2D eigenvalue weighted by atomic mass is 9.89. The molecule has 170 valence electrons. The third-order valence-electron chi connectivity index (χ3n) is 6.31. The molecular formula is C24H27F3N4O. The summed E-state index contributed by atoms with van der Waals surface area (Å²) in [6, 6.07) is 8.06. The Kier molecular flexibility index (Phi) is 6.33. The van der Waals surface area contributed by atoms with Crippen molar-refractivity contribution in [2.24, 2.45) is 18.9 Å². The van der Waals surface area contributed by atoms with Gasteiger partial charge in [0.25, 0.3) is 0 Å². The van der Waals surface area contributed by atoms with Crippen LogP contribution in [0.25, 0.3) is 21.9 Å². The Balaban J connectivity index is 1.38. The predicted octanol–water partition coefficient (Wildman–Crippen LogP) is 4.66. The van der Waals surface area contributed by atoms with E-state index in [0.29, 0.717) is 25.9 Å². The standard InChI is InChI=1S/C24H27F3N4O/c1-16(24(25,26)27)14-31-7-5-17(6-8-31)23(32)11-22-10-20-9-18(3-4-19(20)12-28-22)21-13-29-30(2)15-21/h3-4,9-10,12-13,15-17H,5-8,11,14H2,1-2H3/t16-/m0/s1. The average molecular weight is 445 g/mol. The zero-order chi connectivity index (χ0) is 22.9. The molecule has 32 heavy (non-hydrogen) atoms. The highest BCUT2D eigenvalue weighted by molar-refractivity contribution is 5.88. The smallest absolute Gasteiger partial charge is 0.303 e. The lowest BCUT2D eigenvalue weighted by Gasteiger charge is -2.33. The molecular weight excluding hydrogens is 417 g/mol. The number of alkyl halides is 3. The molecule has 3 heterocycles. The van der Waals surface area contributed by atoms with Crippen molar-refractivity contribution in [3.8, 4) is 11.1 Å². The highest BCUT2D eigenvalue weighted by Crippen LogP contribution is 2.29. The first-order valence-corrected chi connectivity index (χ1v) is 10.9. The van der Waals surface area contributed by atoms with Crippen molar-refractivity contribution in [3.63, 3.8) is 0 Å². The van der Waals surface area contributed by atoms with E-state index in [1.54, 1.807) is 10.9 Å². The predicted molar refractivity (Wildman–Crippen MR) is 117 cm³/mol. The fourth-order valence-corrected chi connectivity index (χ4v) is 4.28. The summed E-state index contributed by atoms with van der Waals surface area (Å²) in [6.07, 6.45) is 2.82. The molecule has 0 spiro atoms. The molecule has 2 aromatic heterocycles. The minimum absolute atomic E-state index is 0.00406. The number of Topliss-reactive ketones (excluding diaryl/α,β-unsaturated/α-hetero) is 1. The number of aryl methyl sites for hydroxylation is 1. The molecule has 3 aromatic rings. The lowest BCUT2D eigenvalue weighted by Crippen LogP contribution is -2.41. The topological polar surface area (TPSA) is 51.0 Å². The fourth-order valence-electron chi connectivity index (χ4n) is 4.28. The molecule has 8 heteroatoms. The number of piperidine rings is 1. The van der Waals surface area contributed by atoms with Crippen molar-refractivity contribution >= 4 is 16.6 Å². The van der Waals surface area contributed by atoms with Gasteiger partial charge in [-0.25, -0.2) is 0 Å². The number of rotatable bonds is 6. The molecule has 1 saturated heterocycles. The minimum Gasteiger partial charge on any atom is -0.303 e. The van der Waals surface area contributed by atoms with Gasteiger partial charge in [0.1, 0.15) is 5.78 Å². The van der Waals surface area contributed by atoms with Crippen molar-refractivity contribution in [1.82, 2.24) is 19.7 Å². The molecule has 0 radical (unpaired) electrons. The summed E-state index contributed by atoms with van der Waals surface area (Å²) in [4.78, 5) is 19.1. The van der Waals surface area contributed by atoms with Gasteiger partial charge in [-0.15, -0.1) is 0 Å². The van der Waals surface area contributed by atoms with Gasteiger partial charge in [-0.1, -0.05) is 19.1 Å². The summed E-state index contributed by atoms with van der Waals surface area (Å²) in [6.45, 7) is 2.26. The molecule has 0 bridgehead atoms. The van der Waals surface area contributed by atoms with E-state index < -0.39 is 12.1 Å². The van der Waals surface area contributed by atoms with E-state index in [0.717, 1.165) is 27.6 Å². The maximum atomic E-state index is 12.8. The number of halogens is 3. The van der Waals surface area contributed by atoms with Crippen LogP contribution in [0, 0.1) is 11.8 Å². The number of pyridine rings is 1. The Morgan fingerprint density at radius 2 is 1.88 bits per heavy atom. The number of carbonyl (C=O) groups is 1. The number of aromatic nitrogens is 3. The van der Waals surface area contributed by atoms with Gasteiger partial charge in [-0.3, -0.25) is 14.5 Å². The van der Waals surface area contributed by atoms with Gasteiger partial charge >= 0.3 is 6.18 Å². The number of hydrogen-bond acceptors (Lipinski definition) is 4. The highest BCUT2D eigenvalue weighted by Gasteiger charge is 2.37. The third-order valence-corrected chi connectivity index (χ3v) is 6.31. The summed E-state index contributed by atoms with van der Waals surface area (Å²) in [5.41, 5.74) is 2.80. The Bertz CT molecular complexity index is 1100. The first-order chi connectivity index (χ1) is 15.2. The number of likely N-dealkylation sites (tertiary alicyclic amines) is 1. The largest absolute Gasteiger partial charge is 0.392 e. The number of nitrogens with zero attached hydrogens (tertiary/aromatic N) is 4. The van der Waals surface area contributed by atoms with Crippen molar-refractivity contribution in [2.45, 2.75) is 32.4 Å². The van der Waals surface area contributed by atoms with Gasteiger partial charge in [-0.2, -0.15) is 18.3 Å². The van der Waals surface area contributed by atoms with E-state index in [1.807, 2.05) is 42.5 Å². The normalized spacial score (nSPS) is 17.0.